The van der Waals surface area contributed by atoms with Crippen LogP contribution in [0.5, 0.6) is 0 Å². The molecule has 2 atom stereocenters. The van der Waals surface area contributed by atoms with Crippen LogP contribution in [0, 0.1) is 0 Å². The van der Waals surface area contributed by atoms with Crippen molar-refractivity contribution in [2.75, 3.05) is 6.54 Å². The molecule has 0 aromatic heterocycles. The van der Waals surface area contributed by atoms with Crippen LogP contribution in [-0.2, 0) is 22.6 Å². The molecule has 7 nitrogen and oxygen atoms in total. The molecule has 0 saturated carbocycles. The number of nitrogens with two attached hydrogens (primary N) is 1. The van der Waals surface area contributed by atoms with Crippen LogP contribution in [-0.4, -0.2) is 46.4 Å². The summed E-state index contributed by atoms with van der Waals surface area (Å²) in [6, 6.07) is 15.4. The SMILES string of the molecule is NC(CC(=O)N1CCC[C@H]1C(=O)NCc1ccc(C(=O)O)cc1)Cc1ccccc1. The van der Waals surface area contributed by atoms with Gasteiger partial charge in [0.1, 0.15) is 6.04 Å². The predicted octanol–water partition coefficient (Wildman–Crippen LogP) is 1.95. The summed E-state index contributed by atoms with van der Waals surface area (Å²) in [5.41, 5.74) is 8.26. The second-order valence-electron chi connectivity index (χ2n) is 7.62. The molecule has 1 saturated heterocycles. The average Bonchev–Trinajstić information content (AvgIpc) is 3.23. The van der Waals surface area contributed by atoms with Crippen molar-refractivity contribution in [2.24, 2.45) is 5.73 Å². The van der Waals surface area contributed by atoms with Crippen LogP contribution in [0.2, 0.25) is 0 Å². The Labute approximate surface area is 175 Å². The number of carbonyl (C=O) groups excluding carboxylic acids is 2. The minimum absolute atomic E-state index is 0.0955. The maximum absolute atomic E-state index is 12.7. The number of hydrogen-bond donors (Lipinski definition) is 3. The highest BCUT2D eigenvalue weighted by Gasteiger charge is 2.34. The smallest absolute Gasteiger partial charge is 0.335 e. The Kier molecular flexibility index (Phi) is 7.19. The van der Waals surface area contributed by atoms with Gasteiger partial charge in [0.15, 0.2) is 0 Å². The summed E-state index contributed by atoms with van der Waals surface area (Å²) < 4.78 is 0. The van der Waals surface area contributed by atoms with Gasteiger partial charge in [0.25, 0.3) is 0 Å². The van der Waals surface area contributed by atoms with Gasteiger partial charge in [-0.3, -0.25) is 9.59 Å². The van der Waals surface area contributed by atoms with Crippen LogP contribution in [0.4, 0.5) is 0 Å². The van der Waals surface area contributed by atoms with Crippen molar-refractivity contribution in [1.29, 1.82) is 0 Å². The van der Waals surface area contributed by atoms with Crippen LogP contribution < -0.4 is 11.1 Å². The fourth-order valence-electron chi connectivity index (χ4n) is 3.74. The van der Waals surface area contributed by atoms with E-state index in [1.165, 1.54) is 12.1 Å². The Balaban J connectivity index is 1.51. The van der Waals surface area contributed by atoms with Gasteiger partial charge < -0.3 is 21.1 Å². The van der Waals surface area contributed by atoms with Crippen molar-refractivity contribution in [3.63, 3.8) is 0 Å². The Hall–Kier alpha value is -3.19. The number of rotatable bonds is 8. The molecule has 0 bridgehead atoms. The van der Waals surface area contributed by atoms with Gasteiger partial charge in [0.2, 0.25) is 11.8 Å². The first-order valence-electron chi connectivity index (χ1n) is 10.1. The van der Waals surface area contributed by atoms with E-state index in [1.807, 2.05) is 30.3 Å². The first kappa shape index (κ1) is 21.5. The fraction of sp³-hybridized carbons (Fsp3) is 0.348. The van der Waals surface area contributed by atoms with E-state index in [1.54, 1.807) is 17.0 Å². The van der Waals surface area contributed by atoms with Crippen molar-refractivity contribution in [2.45, 2.75) is 44.3 Å². The maximum Gasteiger partial charge on any atom is 0.335 e. The van der Waals surface area contributed by atoms with E-state index in [9.17, 15) is 14.4 Å². The van der Waals surface area contributed by atoms with Crippen LogP contribution in [0.25, 0.3) is 0 Å². The predicted molar refractivity (Wildman–Crippen MR) is 113 cm³/mol. The lowest BCUT2D eigenvalue weighted by atomic mass is 10.0. The summed E-state index contributed by atoms with van der Waals surface area (Å²) in [6.07, 6.45) is 2.23. The maximum atomic E-state index is 12.7. The third kappa shape index (κ3) is 5.67. The number of nitrogens with one attached hydrogen (secondary N) is 1. The number of likely N-dealkylation sites (tertiary alicyclic amines) is 1. The molecule has 1 heterocycles. The highest BCUT2D eigenvalue weighted by Crippen LogP contribution is 2.19. The topological polar surface area (TPSA) is 113 Å². The lowest BCUT2D eigenvalue weighted by molar-refractivity contribution is -0.138. The van der Waals surface area contributed by atoms with Crippen molar-refractivity contribution >= 4 is 17.8 Å². The summed E-state index contributed by atoms with van der Waals surface area (Å²) in [7, 11) is 0. The van der Waals surface area contributed by atoms with Gasteiger partial charge in [-0.2, -0.15) is 0 Å². The van der Waals surface area contributed by atoms with Crippen molar-refractivity contribution in [3.8, 4) is 0 Å². The van der Waals surface area contributed by atoms with Gasteiger partial charge in [0, 0.05) is 25.6 Å². The quantitative estimate of drug-likeness (QED) is 0.617. The van der Waals surface area contributed by atoms with Gasteiger partial charge in [-0.25, -0.2) is 4.79 Å². The minimum atomic E-state index is -0.990. The second-order valence-corrected chi connectivity index (χ2v) is 7.62. The lowest BCUT2D eigenvalue weighted by Crippen LogP contribution is -2.47. The first-order valence-corrected chi connectivity index (χ1v) is 10.1. The van der Waals surface area contributed by atoms with Crippen molar-refractivity contribution < 1.29 is 19.5 Å². The van der Waals surface area contributed by atoms with E-state index in [4.69, 9.17) is 10.8 Å². The van der Waals surface area contributed by atoms with Gasteiger partial charge in [-0.15, -0.1) is 0 Å². The number of aromatic carboxylic acids is 1. The Morgan fingerprint density at radius 1 is 1.07 bits per heavy atom. The van der Waals surface area contributed by atoms with Gasteiger partial charge in [-0.1, -0.05) is 42.5 Å². The number of hydrogen-bond acceptors (Lipinski definition) is 4. The number of nitrogens with zero attached hydrogens (tertiary/aromatic N) is 1. The number of amides is 2. The van der Waals surface area contributed by atoms with Crippen LogP contribution in [0.1, 0.15) is 40.7 Å². The van der Waals surface area contributed by atoms with E-state index >= 15 is 0 Å². The molecule has 158 valence electrons. The fourth-order valence-corrected chi connectivity index (χ4v) is 3.74. The third-order valence-electron chi connectivity index (χ3n) is 5.32. The molecule has 1 aliphatic rings. The van der Waals surface area contributed by atoms with Crippen molar-refractivity contribution in [3.05, 3.63) is 71.3 Å². The number of carboxylic acid groups (broad SMARTS) is 1. The Bertz CT molecular complexity index is 883. The van der Waals surface area contributed by atoms with E-state index in [0.717, 1.165) is 17.5 Å². The molecule has 0 spiro atoms. The van der Waals surface area contributed by atoms with Gasteiger partial charge >= 0.3 is 5.97 Å². The summed E-state index contributed by atoms with van der Waals surface area (Å²) >= 11 is 0. The molecule has 2 amide bonds. The average molecular weight is 409 g/mol. The molecule has 2 aromatic carbocycles. The van der Waals surface area contributed by atoms with E-state index in [-0.39, 0.29) is 36.4 Å². The molecule has 3 rings (SSSR count). The molecular formula is C23H27N3O4. The molecule has 1 fully saturated rings. The van der Waals surface area contributed by atoms with Crippen molar-refractivity contribution in [1.82, 2.24) is 10.2 Å². The van der Waals surface area contributed by atoms with Gasteiger partial charge in [0.05, 0.1) is 5.56 Å². The molecule has 0 radical (unpaired) electrons. The summed E-state index contributed by atoms with van der Waals surface area (Å²) in [4.78, 5) is 37.9. The van der Waals surface area contributed by atoms with Crippen LogP contribution in [0.15, 0.2) is 54.6 Å². The normalized spacial score (nSPS) is 16.8. The zero-order valence-corrected chi connectivity index (χ0v) is 16.8. The van der Waals surface area contributed by atoms with Crippen LogP contribution >= 0.6 is 0 Å². The standard InChI is InChI=1S/C23H27N3O4/c24-19(13-16-5-2-1-3-6-16)14-21(27)26-12-4-7-20(26)22(28)25-15-17-8-10-18(11-9-17)23(29)30/h1-3,5-6,8-11,19-20H,4,7,12-15,24H2,(H,25,28)(H,29,30)/t19?,20-/m0/s1. The Morgan fingerprint density at radius 2 is 1.77 bits per heavy atom. The molecule has 2 aromatic rings. The largest absolute Gasteiger partial charge is 0.478 e. The monoisotopic (exact) mass is 409 g/mol. The highest BCUT2D eigenvalue weighted by molar-refractivity contribution is 5.89. The first-order chi connectivity index (χ1) is 14.4. The summed E-state index contributed by atoms with van der Waals surface area (Å²) in [5, 5.41) is 11.8. The van der Waals surface area contributed by atoms with Crippen LogP contribution in [0.3, 0.4) is 0 Å². The van der Waals surface area contributed by atoms with E-state index < -0.39 is 12.0 Å². The Morgan fingerprint density at radius 3 is 2.43 bits per heavy atom. The molecular weight excluding hydrogens is 382 g/mol. The number of carbonyl (C=O) groups is 3. The molecule has 1 aliphatic heterocycles. The molecule has 4 N–H and O–H groups in total. The van der Waals surface area contributed by atoms with E-state index in [0.29, 0.717) is 19.4 Å². The third-order valence-corrected chi connectivity index (χ3v) is 5.32. The molecule has 1 unspecified atom stereocenters. The second kappa shape index (κ2) is 10.0. The molecule has 7 heteroatoms. The summed E-state index contributed by atoms with van der Waals surface area (Å²) in [6.45, 7) is 0.840. The molecule has 30 heavy (non-hydrogen) atoms. The number of carboxylic acids is 1. The van der Waals surface area contributed by atoms with E-state index in [2.05, 4.69) is 5.32 Å². The number of benzene rings is 2. The van der Waals surface area contributed by atoms with Gasteiger partial charge in [-0.05, 0) is 42.5 Å². The highest BCUT2D eigenvalue weighted by atomic mass is 16.4. The minimum Gasteiger partial charge on any atom is -0.478 e. The molecule has 0 aliphatic carbocycles. The summed E-state index contributed by atoms with van der Waals surface area (Å²) in [5.74, 6) is -1.28. The zero-order valence-electron chi connectivity index (χ0n) is 16.8. The lowest BCUT2D eigenvalue weighted by Gasteiger charge is -2.25. The zero-order chi connectivity index (χ0) is 21.5.